The van der Waals surface area contributed by atoms with E-state index in [-0.39, 0.29) is 11.8 Å². The minimum Gasteiger partial charge on any atom is -0.339 e. The average molecular weight is 348 g/mol. The number of hydrogen-bond acceptors (Lipinski definition) is 4. The van der Waals surface area contributed by atoms with Crippen molar-refractivity contribution in [2.75, 3.05) is 18.4 Å². The molecule has 1 aliphatic rings. The number of amides is 2. The van der Waals surface area contributed by atoms with Crippen molar-refractivity contribution in [1.82, 2.24) is 4.90 Å². The molecule has 1 N–H and O–H groups in total. The van der Waals surface area contributed by atoms with E-state index in [0.717, 1.165) is 30.4 Å². The van der Waals surface area contributed by atoms with Crippen LogP contribution in [0.3, 0.4) is 0 Å². The van der Waals surface area contributed by atoms with E-state index < -0.39 is 0 Å². The van der Waals surface area contributed by atoms with Gasteiger partial charge in [0.15, 0.2) is 0 Å². The van der Waals surface area contributed by atoms with Gasteiger partial charge >= 0.3 is 0 Å². The van der Waals surface area contributed by atoms with Gasteiger partial charge < -0.3 is 10.2 Å². The van der Waals surface area contributed by atoms with E-state index in [0.29, 0.717) is 23.0 Å². The Morgan fingerprint density at radius 3 is 2.70 bits per heavy atom. The number of fused-ring (bicyclic) bond motifs is 1. The van der Waals surface area contributed by atoms with Gasteiger partial charge in [0.05, 0.1) is 10.4 Å². The number of nitrogens with zero attached hydrogens (tertiary/aromatic N) is 1. The van der Waals surface area contributed by atoms with Gasteiger partial charge in [0.1, 0.15) is 5.00 Å². The van der Waals surface area contributed by atoms with Gasteiger partial charge in [-0.2, -0.15) is 0 Å². The molecule has 0 atom stereocenters. The quantitative estimate of drug-likeness (QED) is 0.887. The van der Waals surface area contributed by atoms with Gasteiger partial charge in [0.25, 0.3) is 11.8 Å². The van der Waals surface area contributed by atoms with Crippen LogP contribution in [0.4, 0.5) is 5.00 Å². The molecular formula is C17H20N2O2S2. The predicted molar refractivity (Wildman–Crippen MR) is 95.9 cm³/mol. The monoisotopic (exact) mass is 348 g/mol. The summed E-state index contributed by atoms with van der Waals surface area (Å²) in [5, 5.41) is 5.56. The first-order valence-corrected chi connectivity index (χ1v) is 9.64. The van der Waals surface area contributed by atoms with Crippen LogP contribution in [-0.4, -0.2) is 29.8 Å². The summed E-state index contributed by atoms with van der Waals surface area (Å²) in [7, 11) is 0. The molecule has 3 rings (SSSR count). The van der Waals surface area contributed by atoms with E-state index in [2.05, 4.69) is 5.32 Å². The van der Waals surface area contributed by atoms with Crippen LogP contribution in [0.1, 0.15) is 50.7 Å². The number of carbonyl (C=O) groups is 2. The molecule has 2 aromatic heterocycles. The summed E-state index contributed by atoms with van der Waals surface area (Å²) < 4.78 is 0. The first kappa shape index (κ1) is 16.2. The fourth-order valence-corrected chi connectivity index (χ4v) is 4.86. The first-order chi connectivity index (χ1) is 11.2. The highest BCUT2D eigenvalue weighted by atomic mass is 32.1. The van der Waals surface area contributed by atoms with E-state index in [9.17, 15) is 9.59 Å². The second-order valence-corrected chi connectivity index (χ2v) is 7.52. The Morgan fingerprint density at radius 1 is 1.26 bits per heavy atom. The van der Waals surface area contributed by atoms with Crippen molar-refractivity contribution < 1.29 is 9.59 Å². The molecule has 0 radical (unpaired) electrons. The van der Waals surface area contributed by atoms with Crippen LogP contribution in [0.25, 0.3) is 0 Å². The van der Waals surface area contributed by atoms with Gasteiger partial charge in [-0.05, 0) is 50.1 Å². The Morgan fingerprint density at radius 2 is 2.04 bits per heavy atom. The molecule has 0 unspecified atom stereocenters. The topological polar surface area (TPSA) is 49.4 Å². The van der Waals surface area contributed by atoms with Gasteiger partial charge in [0, 0.05) is 18.0 Å². The number of nitrogens with one attached hydrogen (secondary N) is 1. The molecule has 0 saturated carbocycles. The third kappa shape index (κ3) is 3.05. The Labute approximate surface area is 144 Å². The minimum atomic E-state index is -0.131. The molecule has 0 spiro atoms. The highest BCUT2D eigenvalue weighted by molar-refractivity contribution is 7.17. The Hall–Kier alpha value is -1.66. The lowest BCUT2D eigenvalue weighted by atomic mass is 10.1. The maximum Gasteiger partial charge on any atom is 0.266 e. The van der Waals surface area contributed by atoms with Crippen molar-refractivity contribution in [1.29, 1.82) is 0 Å². The SMILES string of the molecule is CCN(CC)C(=O)c1c(NC(=O)c2cccs2)sc2c1CCC2. The molecule has 0 aliphatic heterocycles. The molecule has 2 aromatic rings. The van der Waals surface area contributed by atoms with Gasteiger partial charge in [-0.3, -0.25) is 9.59 Å². The van der Waals surface area contributed by atoms with E-state index >= 15 is 0 Å². The van der Waals surface area contributed by atoms with Crippen LogP contribution < -0.4 is 5.32 Å². The molecule has 122 valence electrons. The number of thiophene rings is 2. The lowest BCUT2D eigenvalue weighted by Crippen LogP contribution is -2.31. The van der Waals surface area contributed by atoms with Gasteiger partial charge in [0.2, 0.25) is 0 Å². The maximum absolute atomic E-state index is 12.9. The van der Waals surface area contributed by atoms with Crippen molar-refractivity contribution in [3.63, 3.8) is 0 Å². The largest absolute Gasteiger partial charge is 0.339 e. The van der Waals surface area contributed by atoms with Gasteiger partial charge in [-0.25, -0.2) is 0 Å². The molecule has 0 bridgehead atoms. The van der Waals surface area contributed by atoms with Gasteiger partial charge in [-0.1, -0.05) is 6.07 Å². The van der Waals surface area contributed by atoms with Crippen LogP contribution in [0.5, 0.6) is 0 Å². The first-order valence-electron chi connectivity index (χ1n) is 7.94. The highest BCUT2D eigenvalue weighted by Crippen LogP contribution is 2.40. The van der Waals surface area contributed by atoms with Crippen molar-refractivity contribution in [3.8, 4) is 0 Å². The summed E-state index contributed by atoms with van der Waals surface area (Å²) >= 11 is 2.97. The summed E-state index contributed by atoms with van der Waals surface area (Å²) in [5.41, 5.74) is 1.87. The summed E-state index contributed by atoms with van der Waals surface area (Å²) in [5.74, 6) is -0.0931. The number of carbonyl (C=O) groups excluding carboxylic acids is 2. The maximum atomic E-state index is 12.9. The summed E-state index contributed by atoms with van der Waals surface area (Å²) in [6, 6.07) is 3.66. The van der Waals surface area contributed by atoms with Crippen LogP contribution in [0.2, 0.25) is 0 Å². The molecule has 2 amide bonds. The van der Waals surface area contributed by atoms with Crippen molar-refractivity contribution in [3.05, 3.63) is 38.4 Å². The van der Waals surface area contributed by atoms with Crippen LogP contribution in [0.15, 0.2) is 17.5 Å². The summed E-state index contributed by atoms with van der Waals surface area (Å²) in [6.07, 6.45) is 3.04. The normalized spacial score (nSPS) is 13.0. The predicted octanol–water partition coefficient (Wildman–Crippen LogP) is 4.03. The molecule has 0 saturated heterocycles. The number of rotatable bonds is 5. The summed E-state index contributed by atoms with van der Waals surface area (Å²) in [6.45, 7) is 5.33. The van der Waals surface area contributed by atoms with Gasteiger partial charge in [-0.15, -0.1) is 22.7 Å². The molecule has 2 heterocycles. The highest BCUT2D eigenvalue weighted by Gasteiger charge is 2.29. The number of anilines is 1. The molecule has 6 heteroatoms. The third-order valence-electron chi connectivity index (χ3n) is 4.16. The van der Waals surface area contributed by atoms with E-state index in [1.165, 1.54) is 16.2 Å². The lowest BCUT2D eigenvalue weighted by Gasteiger charge is -2.20. The van der Waals surface area contributed by atoms with E-state index in [4.69, 9.17) is 0 Å². The Kier molecular flexibility index (Phi) is 4.82. The second-order valence-electron chi connectivity index (χ2n) is 5.47. The van der Waals surface area contributed by atoms with Crippen LogP contribution in [0, 0.1) is 0 Å². The van der Waals surface area contributed by atoms with E-state index in [1.807, 2.05) is 30.2 Å². The summed E-state index contributed by atoms with van der Waals surface area (Å²) in [4.78, 5) is 29.0. The molecular weight excluding hydrogens is 328 g/mol. The third-order valence-corrected chi connectivity index (χ3v) is 6.23. The zero-order valence-electron chi connectivity index (χ0n) is 13.3. The molecule has 0 aromatic carbocycles. The standard InChI is InChI=1S/C17H20N2O2S2/c1-3-19(4-2)17(21)14-11-7-5-8-12(11)23-16(14)18-15(20)13-9-6-10-22-13/h6,9-10H,3-5,7-8H2,1-2H3,(H,18,20). The lowest BCUT2D eigenvalue weighted by molar-refractivity contribution is 0.0773. The molecule has 1 aliphatic carbocycles. The molecule has 23 heavy (non-hydrogen) atoms. The molecule has 0 fully saturated rings. The van der Waals surface area contributed by atoms with Crippen LogP contribution in [-0.2, 0) is 12.8 Å². The zero-order chi connectivity index (χ0) is 16.4. The zero-order valence-corrected chi connectivity index (χ0v) is 15.0. The second kappa shape index (κ2) is 6.84. The van der Waals surface area contributed by atoms with Crippen LogP contribution >= 0.6 is 22.7 Å². The number of aryl methyl sites for hydroxylation is 1. The Bertz CT molecular complexity index is 715. The number of hydrogen-bond donors (Lipinski definition) is 1. The fourth-order valence-electron chi connectivity index (χ4n) is 2.96. The smallest absolute Gasteiger partial charge is 0.266 e. The van der Waals surface area contributed by atoms with Crippen molar-refractivity contribution in [2.24, 2.45) is 0 Å². The van der Waals surface area contributed by atoms with Crippen molar-refractivity contribution >= 4 is 39.5 Å². The molecule has 4 nitrogen and oxygen atoms in total. The average Bonchev–Trinajstić information content (AvgIpc) is 3.24. The van der Waals surface area contributed by atoms with E-state index in [1.54, 1.807) is 17.4 Å². The van der Waals surface area contributed by atoms with Crippen molar-refractivity contribution in [2.45, 2.75) is 33.1 Å². The minimum absolute atomic E-state index is 0.0379. The Balaban J connectivity index is 1.94. The fraction of sp³-hybridized carbons (Fsp3) is 0.412.